The quantitative estimate of drug-likeness (QED) is 0.847. The first-order valence-electron chi connectivity index (χ1n) is 5.97. The van der Waals surface area contributed by atoms with Gasteiger partial charge in [-0.1, -0.05) is 18.2 Å². The van der Waals surface area contributed by atoms with Crippen LogP contribution in [0.1, 0.15) is 12.5 Å². The first-order chi connectivity index (χ1) is 8.83. The number of pyridine rings is 1. The van der Waals surface area contributed by atoms with Crippen LogP contribution >= 0.6 is 0 Å². The number of anilines is 2. The highest BCUT2D eigenvalue weighted by molar-refractivity contribution is 5.63. The van der Waals surface area contributed by atoms with Crippen molar-refractivity contribution in [3.8, 4) is 5.75 Å². The van der Waals surface area contributed by atoms with Crippen LogP contribution in [0.2, 0.25) is 0 Å². The van der Waals surface area contributed by atoms with E-state index in [4.69, 9.17) is 10.5 Å². The Hall–Kier alpha value is -2.07. The van der Waals surface area contributed by atoms with E-state index in [1.54, 1.807) is 6.20 Å². The zero-order chi connectivity index (χ0) is 12.8. The first kappa shape index (κ1) is 12.4. The predicted molar refractivity (Wildman–Crippen MR) is 73.0 cm³/mol. The molecule has 0 amide bonds. The largest absolute Gasteiger partial charge is 0.492 e. The van der Waals surface area contributed by atoms with Gasteiger partial charge in [0.25, 0.3) is 0 Å². The molecule has 4 nitrogen and oxygen atoms in total. The second kappa shape index (κ2) is 6.02. The Morgan fingerprint density at radius 1 is 1.22 bits per heavy atom. The maximum absolute atomic E-state index is 5.54. The van der Waals surface area contributed by atoms with Crippen LogP contribution in [0.4, 0.5) is 11.5 Å². The summed E-state index contributed by atoms with van der Waals surface area (Å²) in [7, 11) is 0. The highest BCUT2D eigenvalue weighted by Crippen LogP contribution is 2.26. The molecule has 2 rings (SSSR count). The zero-order valence-corrected chi connectivity index (χ0v) is 10.4. The first-order valence-corrected chi connectivity index (χ1v) is 5.97. The minimum atomic E-state index is 0.503. The number of benzene rings is 1. The molecule has 1 aromatic heterocycles. The average molecular weight is 243 g/mol. The van der Waals surface area contributed by atoms with Crippen molar-refractivity contribution in [2.45, 2.75) is 13.5 Å². The second-order valence-electron chi connectivity index (χ2n) is 3.81. The number of aromatic nitrogens is 1. The molecule has 0 spiro atoms. The van der Waals surface area contributed by atoms with Gasteiger partial charge in [0.15, 0.2) is 0 Å². The van der Waals surface area contributed by atoms with Crippen LogP contribution in [-0.2, 0) is 6.54 Å². The number of hydrogen-bond donors (Lipinski definition) is 2. The fourth-order valence-corrected chi connectivity index (χ4v) is 1.61. The summed E-state index contributed by atoms with van der Waals surface area (Å²) in [4.78, 5) is 4.30. The van der Waals surface area contributed by atoms with Gasteiger partial charge in [0.1, 0.15) is 11.6 Å². The lowest BCUT2D eigenvalue weighted by Crippen LogP contribution is -2.00. The molecular weight excluding hydrogens is 226 g/mol. The maximum atomic E-state index is 5.54. The molecule has 94 valence electrons. The Kier molecular flexibility index (Phi) is 4.15. The number of rotatable bonds is 5. The number of nitrogens with two attached hydrogens (primary N) is 1. The molecule has 0 saturated heterocycles. The van der Waals surface area contributed by atoms with Gasteiger partial charge in [-0.3, -0.25) is 0 Å². The fourth-order valence-electron chi connectivity index (χ4n) is 1.61. The van der Waals surface area contributed by atoms with Crippen molar-refractivity contribution in [2.75, 3.05) is 11.9 Å². The SMILES string of the molecule is CCOc1ccccc1Nc1ccc(CN)cn1. The summed E-state index contributed by atoms with van der Waals surface area (Å²) in [6.45, 7) is 3.10. The summed E-state index contributed by atoms with van der Waals surface area (Å²) in [5, 5.41) is 3.23. The van der Waals surface area contributed by atoms with Crippen LogP contribution in [0.5, 0.6) is 5.75 Å². The Morgan fingerprint density at radius 3 is 2.72 bits per heavy atom. The van der Waals surface area contributed by atoms with Crippen LogP contribution in [0, 0.1) is 0 Å². The van der Waals surface area contributed by atoms with Gasteiger partial charge in [-0.2, -0.15) is 0 Å². The Bertz CT molecular complexity index is 497. The smallest absolute Gasteiger partial charge is 0.142 e. The predicted octanol–water partition coefficient (Wildman–Crippen LogP) is 2.68. The van der Waals surface area contributed by atoms with Gasteiger partial charge in [0.05, 0.1) is 12.3 Å². The molecule has 0 aliphatic carbocycles. The van der Waals surface area contributed by atoms with Gasteiger partial charge in [-0.15, -0.1) is 0 Å². The van der Waals surface area contributed by atoms with E-state index in [2.05, 4.69) is 10.3 Å². The Morgan fingerprint density at radius 2 is 2.06 bits per heavy atom. The third kappa shape index (κ3) is 2.99. The molecule has 18 heavy (non-hydrogen) atoms. The minimum Gasteiger partial charge on any atom is -0.492 e. The van der Waals surface area contributed by atoms with Crippen molar-refractivity contribution in [1.29, 1.82) is 0 Å². The van der Waals surface area contributed by atoms with E-state index >= 15 is 0 Å². The van der Waals surface area contributed by atoms with E-state index in [9.17, 15) is 0 Å². The molecule has 0 bridgehead atoms. The van der Waals surface area contributed by atoms with Gasteiger partial charge in [0, 0.05) is 12.7 Å². The Balaban J connectivity index is 2.17. The lowest BCUT2D eigenvalue weighted by molar-refractivity contribution is 0.342. The summed E-state index contributed by atoms with van der Waals surface area (Å²) in [5.74, 6) is 1.60. The van der Waals surface area contributed by atoms with Crippen LogP contribution in [0.15, 0.2) is 42.6 Å². The molecule has 0 saturated carbocycles. The molecule has 2 aromatic rings. The average Bonchev–Trinajstić information content (AvgIpc) is 2.42. The normalized spacial score (nSPS) is 10.1. The number of ether oxygens (including phenoxy) is 1. The summed E-state index contributed by atoms with van der Waals surface area (Å²) in [5.41, 5.74) is 7.46. The highest BCUT2D eigenvalue weighted by atomic mass is 16.5. The van der Waals surface area contributed by atoms with Crippen molar-refractivity contribution in [3.05, 3.63) is 48.2 Å². The van der Waals surface area contributed by atoms with Gasteiger partial charge in [-0.25, -0.2) is 4.98 Å². The third-order valence-electron chi connectivity index (χ3n) is 2.51. The second-order valence-corrected chi connectivity index (χ2v) is 3.81. The molecule has 0 aliphatic rings. The molecule has 4 heteroatoms. The fraction of sp³-hybridized carbons (Fsp3) is 0.214. The molecular formula is C14H17N3O. The standard InChI is InChI=1S/C14H17N3O/c1-2-18-13-6-4-3-5-12(13)17-14-8-7-11(9-15)10-16-14/h3-8,10H,2,9,15H2,1H3,(H,16,17). The number of nitrogens with zero attached hydrogens (tertiary/aromatic N) is 1. The van der Waals surface area contributed by atoms with E-state index < -0.39 is 0 Å². The lowest BCUT2D eigenvalue weighted by atomic mass is 10.2. The minimum absolute atomic E-state index is 0.503. The van der Waals surface area contributed by atoms with Crippen molar-refractivity contribution >= 4 is 11.5 Å². The third-order valence-corrected chi connectivity index (χ3v) is 2.51. The summed E-state index contributed by atoms with van der Waals surface area (Å²) >= 11 is 0. The molecule has 0 fully saturated rings. The van der Waals surface area contributed by atoms with Crippen molar-refractivity contribution in [3.63, 3.8) is 0 Å². The van der Waals surface area contributed by atoms with Gasteiger partial charge >= 0.3 is 0 Å². The maximum Gasteiger partial charge on any atom is 0.142 e. The van der Waals surface area contributed by atoms with Crippen LogP contribution in [-0.4, -0.2) is 11.6 Å². The van der Waals surface area contributed by atoms with Crippen molar-refractivity contribution in [1.82, 2.24) is 4.98 Å². The number of nitrogens with one attached hydrogen (secondary N) is 1. The van der Waals surface area contributed by atoms with Crippen LogP contribution < -0.4 is 15.8 Å². The monoisotopic (exact) mass is 243 g/mol. The summed E-state index contributed by atoms with van der Waals surface area (Å²) in [6, 6.07) is 11.7. The van der Waals surface area contributed by atoms with Crippen LogP contribution in [0.25, 0.3) is 0 Å². The van der Waals surface area contributed by atoms with Crippen molar-refractivity contribution < 1.29 is 4.74 Å². The zero-order valence-electron chi connectivity index (χ0n) is 10.4. The van der Waals surface area contributed by atoms with E-state index in [0.29, 0.717) is 13.2 Å². The molecule has 3 N–H and O–H groups in total. The van der Waals surface area contributed by atoms with Gasteiger partial charge < -0.3 is 15.8 Å². The number of para-hydroxylation sites is 2. The molecule has 0 atom stereocenters. The van der Waals surface area contributed by atoms with Crippen molar-refractivity contribution in [2.24, 2.45) is 5.73 Å². The van der Waals surface area contributed by atoms with E-state index in [-0.39, 0.29) is 0 Å². The topological polar surface area (TPSA) is 60.2 Å². The molecule has 0 radical (unpaired) electrons. The molecule has 1 heterocycles. The van der Waals surface area contributed by atoms with Crippen LogP contribution in [0.3, 0.4) is 0 Å². The number of hydrogen-bond acceptors (Lipinski definition) is 4. The lowest BCUT2D eigenvalue weighted by Gasteiger charge is -2.11. The summed E-state index contributed by atoms with van der Waals surface area (Å²) < 4.78 is 5.54. The molecule has 1 aromatic carbocycles. The van der Waals surface area contributed by atoms with E-state index in [0.717, 1.165) is 22.8 Å². The van der Waals surface area contributed by atoms with Gasteiger partial charge in [0.2, 0.25) is 0 Å². The Labute approximate surface area is 107 Å². The van der Waals surface area contributed by atoms with E-state index in [1.165, 1.54) is 0 Å². The van der Waals surface area contributed by atoms with E-state index in [1.807, 2.05) is 43.3 Å². The summed E-state index contributed by atoms with van der Waals surface area (Å²) in [6.07, 6.45) is 1.77. The highest BCUT2D eigenvalue weighted by Gasteiger charge is 2.03. The molecule has 0 aliphatic heterocycles. The van der Waals surface area contributed by atoms with Gasteiger partial charge in [-0.05, 0) is 30.7 Å². The molecule has 0 unspecified atom stereocenters.